The lowest BCUT2D eigenvalue weighted by Gasteiger charge is -2.20. The molecule has 15 heavy (non-hydrogen) atoms. The van der Waals surface area contributed by atoms with Crippen molar-refractivity contribution >= 4 is 0 Å². The lowest BCUT2D eigenvalue weighted by Crippen LogP contribution is -2.30. The topological polar surface area (TPSA) is 18.5 Å². The van der Waals surface area contributed by atoms with Crippen molar-refractivity contribution < 1.29 is 0 Å². The third-order valence-electron chi connectivity index (χ3n) is 2.70. The molecule has 0 atom stereocenters. The van der Waals surface area contributed by atoms with E-state index in [-0.39, 0.29) is 0 Å². The van der Waals surface area contributed by atoms with Gasteiger partial charge in [0.1, 0.15) is 0 Å². The molecule has 0 amide bonds. The second kappa shape index (κ2) is 9.13. The maximum Gasteiger partial charge on any atom is 0.00355 e. The quantitative estimate of drug-likeness (QED) is 0.584. The molecule has 0 radical (unpaired) electrons. The van der Waals surface area contributed by atoms with Crippen molar-refractivity contribution in [2.45, 2.75) is 32.7 Å². The van der Waals surface area contributed by atoms with Crippen molar-refractivity contribution in [3.05, 3.63) is 0 Å². The SMILES string of the molecule is CC(C)N(C)CCCNCCCN(C)C. The molecule has 0 aliphatic carbocycles. The molecular weight excluding hydrogens is 186 g/mol. The Morgan fingerprint density at radius 2 is 1.47 bits per heavy atom. The van der Waals surface area contributed by atoms with Crippen LogP contribution in [0.3, 0.4) is 0 Å². The number of rotatable bonds is 9. The minimum absolute atomic E-state index is 0.666. The Hall–Kier alpha value is -0.120. The van der Waals surface area contributed by atoms with Gasteiger partial charge in [-0.25, -0.2) is 0 Å². The zero-order chi connectivity index (χ0) is 11.7. The van der Waals surface area contributed by atoms with E-state index in [0.717, 1.165) is 13.1 Å². The van der Waals surface area contributed by atoms with Crippen LogP contribution in [0, 0.1) is 0 Å². The fraction of sp³-hybridized carbons (Fsp3) is 1.00. The van der Waals surface area contributed by atoms with Crippen LogP contribution in [0.2, 0.25) is 0 Å². The Morgan fingerprint density at radius 3 is 1.93 bits per heavy atom. The standard InChI is InChI=1S/C12H29N3/c1-12(2)15(5)11-7-9-13-8-6-10-14(3)4/h12-13H,6-11H2,1-5H3. The van der Waals surface area contributed by atoms with E-state index in [2.05, 4.69) is 50.1 Å². The minimum Gasteiger partial charge on any atom is -0.317 e. The Bertz CT molecular complexity index is 135. The maximum atomic E-state index is 3.48. The fourth-order valence-electron chi connectivity index (χ4n) is 1.36. The highest BCUT2D eigenvalue weighted by atomic mass is 15.1. The Balaban J connectivity index is 3.11. The summed E-state index contributed by atoms with van der Waals surface area (Å²) >= 11 is 0. The van der Waals surface area contributed by atoms with E-state index < -0.39 is 0 Å². The van der Waals surface area contributed by atoms with E-state index in [0.29, 0.717) is 6.04 Å². The van der Waals surface area contributed by atoms with Crippen LogP contribution in [0.25, 0.3) is 0 Å². The lowest BCUT2D eigenvalue weighted by atomic mass is 10.3. The van der Waals surface area contributed by atoms with Gasteiger partial charge < -0.3 is 15.1 Å². The van der Waals surface area contributed by atoms with Gasteiger partial charge >= 0.3 is 0 Å². The summed E-state index contributed by atoms with van der Waals surface area (Å²) in [6.45, 7) is 9.14. The molecule has 0 aromatic carbocycles. The average Bonchev–Trinajstić information content (AvgIpc) is 2.15. The first-order valence-electron chi connectivity index (χ1n) is 6.09. The summed E-state index contributed by atoms with van der Waals surface area (Å²) in [5, 5.41) is 3.48. The van der Waals surface area contributed by atoms with Crippen LogP contribution < -0.4 is 5.32 Å². The smallest absolute Gasteiger partial charge is 0.00355 e. The zero-order valence-corrected chi connectivity index (χ0v) is 11.2. The maximum absolute atomic E-state index is 3.48. The van der Waals surface area contributed by atoms with Gasteiger partial charge in [-0.3, -0.25) is 0 Å². The minimum atomic E-state index is 0.666. The summed E-state index contributed by atoms with van der Waals surface area (Å²) in [6, 6.07) is 0.666. The molecule has 0 heterocycles. The summed E-state index contributed by atoms with van der Waals surface area (Å²) in [7, 11) is 6.44. The van der Waals surface area contributed by atoms with Crippen molar-refractivity contribution in [3.8, 4) is 0 Å². The van der Waals surface area contributed by atoms with E-state index in [1.807, 2.05) is 0 Å². The molecule has 0 aromatic rings. The molecule has 0 aliphatic heterocycles. The normalized spacial score (nSPS) is 12.0. The highest BCUT2D eigenvalue weighted by Gasteiger charge is 2.01. The van der Waals surface area contributed by atoms with Crippen molar-refractivity contribution in [1.29, 1.82) is 0 Å². The Kier molecular flexibility index (Phi) is 9.06. The first kappa shape index (κ1) is 14.9. The Morgan fingerprint density at radius 1 is 0.933 bits per heavy atom. The number of nitrogens with zero attached hydrogens (tertiary/aromatic N) is 2. The van der Waals surface area contributed by atoms with Crippen LogP contribution >= 0.6 is 0 Å². The van der Waals surface area contributed by atoms with E-state index in [1.165, 1.54) is 25.9 Å². The molecule has 0 bridgehead atoms. The van der Waals surface area contributed by atoms with Crippen LogP contribution in [0.15, 0.2) is 0 Å². The predicted octanol–water partition coefficient (Wildman–Crippen LogP) is 1.26. The largest absolute Gasteiger partial charge is 0.317 e. The van der Waals surface area contributed by atoms with Gasteiger partial charge in [-0.15, -0.1) is 0 Å². The molecular formula is C12H29N3. The van der Waals surface area contributed by atoms with Crippen LogP contribution in [0.4, 0.5) is 0 Å². The van der Waals surface area contributed by atoms with Gasteiger partial charge in [0.2, 0.25) is 0 Å². The summed E-state index contributed by atoms with van der Waals surface area (Å²) in [5.41, 5.74) is 0. The number of hydrogen-bond acceptors (Lipinski definition) is 3. The lowest BCUT2D eigenvalue weighted by molar-refractivity contribution is 0.269. The first-order chi connectivity index (χ1) is 7.04. The molecule has 92 valence electrons. The van der Waals surface area contributed by atoms with Crippen LogP contribution in [0.5, 0.6) is 0 Å². The number of nitrogens with one attached hydrogen (secondary N) is 1. The highest BCUT2D eigenvalue weighted by Crippen LogP contribution is 1.94. The molecule has 3 nitrogen and oxygen atoms in total. The summed E-state index contributed by atoms with van der Waals surface area (Å²) < 4.78 is 0. The van der Waals surface area contributed by atoms with Gasteiger partial charge in [0.25, 0.3) is 0 Å². The third kappa shape index (κ3) is 10.2. The summed E-state index contributed by atoms with van der Waals surface area (Å²) in [5.74, 6) is 0. The molecule has 0 spiro atoms. The molecule has 0 aromatic heterocycles. The van der Waals surface area contributed by atoms with Crippen molar-refractivity contribution in [2.75, 3.05) is 47.3 Å². The molecule has 0 fully saturated rings. The predicted molar refractivity (Wildman–Crippen MR) is 68.4 cm³/mol. The second-order valence-electron chi connectivity index (χ2n) is 4.83. The van der Waals surface area contributed by atoms with Crippen LogP contribution in [-0.2, 0) is 0 Å². The molecule has 0 saturated heterocycles. The molecule has 0 rings (SSSR count). The van der Waals surface area contributed by atoms with E-state index in [9.17, 15) is 0 Å². The van der Waals surface area contributed by atoms with Gasteiger partial charge in [0.05, 0.1) is 0 Å². The van der Waals surface area contributed by atoms with Gasteiger partial charge in [0.15, 0.2) is 0 Å². The highest BCUT2D eigenvalue weighted by molar-refractivity contribution is 4.58. The van der Waals surface area contributed by atoms with Crippen molar-refractivity contribution in [2.24, 2.45) is 0 Å². The fourth-order valence-corrected chi connectivity index (χ4v) is 1.36. The van der Waals surface area contributed by atoms with Gasteiger partial charge in [-0.05, 0) is 74.0 Å². The summed E-state index contributed by atoms with van der Waals surface area (Å²) in [4.78, 5) is 4.62. The molecule has 3 heteroatoms. The molecule has 0 aliphatic rings. The Labute approximate surface area is 95.8 Å². The van der Waals surface area contributed by atoms with Gasteiger partial charge in [-0.1, -0.05) is 0 Å². The first-order valence-corrected chi connectivity index (χ1v) is 6.09. The van der Waals surface area contributed by atoms with Crippen molar-refractivity contribution in [1.82, 2.24) is 15.1 Å². The van der Waals surface area contributed by atoms with Crippen molar-refractivity contribution in [3.63, 3.8) is 0 Å². The van der Waals surface area contributed by atoms with Crippen LogP contribution in [-0.4, -0.2) is 63.2 Å². The van der Waals surface area contributed by atoms with E-state index in [4.69, 9.17) is 0 Å². The second-order valence-corrected chi connectivity index (χ2v) is 4.83. The molecule has 0 unspecified atom stereocenters. The molecule has 0 saturated carbocycles. The zero-order valence-electron chi connectivity index (χ0n) is 11.2. The van der Waals surface area contributed by atoms with E-state index in [1.54, 1.807) is 0 Å². The van der Waals surface area contributed by atoms with Gasteiger partial charge in [0, 0.05) is 6.04 Å². The van der Waals surface area contributed by atoms with E-state index >= 15 is 0 Å². The van der Waals surface area contributed by atoms with Crippen LogP contribution in [0.1, 0.15) is 26.7 Å². The van der Waals surface area contributed by atoms with Gasteiger partial charge in [-0.2, -0.15) is 0 Å². The molecule has 1 N–H and O–H groups in total. The third-order valence-corrected chi connectivity index (χ3v) is 2.70. The average molecular weight is 215 g/mol. The monoisotopic (exact) mass is 215 g/mol. The number of hydrogen-bond donors (Lipinski definition) is 1. The summed E-state index contributed by atoms with van der Waals surface area (Å²) in [6.07, 6.45) is 2.49.